The molecule has 0 aliphatic rings. The van der Waals surface area contributed by atoms with Crippen molar-refractivity contribution >= 4 is 41.6 Å². The Bertz CT molecular complexity index is 788. The third-order valence-electron chi connectivity index (χ3n) is 4.32. The third kappa shape index (κ3) is 12.3. The summed E-state index contributed by atoms with van der Waals surface area (Å²) in [7, 11) is 0. The van der Waals surface area contributed by atoms with Crippen molar-refractivity contribution in [3.63, 3.8) is 0 Å². The maximum absolute atomic E-state index is 12.6. The summed E-state index contributed by atoms with van der Waals surface area (Å²) in [5, 5.41) is 41.7. The van der Waals surface area contributed by atoms with Crippen LogP contribution in [0.2, 0.25) is 0 Å². The molecule has 0 rings (SSSR count). The van der Waals surface area contributed by atoms with E-state index in [0.717, 1.165) is 0 Å². The molecule has 0 aromatic heterocycles. The van der Waals surface area contributed by atoms with E-state index in [1.165, 1.54) is 0 Å². The summed E-state index contributed by atoms with van der Waals surface area (Å²) >= 11 is 0. The molecule has 16 nitrogen and oxygen atoms in total. The predicted octanol–water partition coefficient (Wildman–Crippen LogP) is -3.59. The van der Waals surface area contributed by atoms with Crippen LogP contribution in [0.3, 0.4) is 0 Å². The van der Waals surface area contributed by atoms with Gasteiger partial charge in [-0.25, -0.2) is 4.79 Å². The molecule has 0 aliphatic carbocycles. The second-order valence-electron chi connectivity index (χ2n) is 7.21. The largest absolute Gasteiger partial charge is 0.481 e. The molecule has 0 aromatic carbocycles. The molecule has 3 amide bonds. The van der Waals surface area contributed by atoms with Crippen molar-refractivity contribution in [2.24, 2.45) is 11.5 Å². The number of carboxylic acids is 4. The minimum atomic E-state index is -1.93. The van der Waals surface area contributed by atoms with Gasteiger partial charge in [0, 0.05) is 0 Å². The van der Waals surface area contributed by atoms with Gasteiger partial charge in [-0.05, 0) is 19.4 Å². The smallest absolute Gasteiger partial charge is 0.326 e. The van der Waals surface area contributed by atoms with Gasteiger partial charge in [-0.15, -0.1) is 0 Å². The first-order valence-electron chi connectivity index (χ1n) is 10.0. The van der Waals surface area contributed by atoms with Crippen molar-refractivity contribution in [2.75, 3.05) is 6.54 Å². The Kier molecular flexibility index (Phi) is 13.4. The average molecular weight is 491 g/mol. The lowest BCUT2D eigenvalue weighted by Crippen LogP contribution is -2.58. The van der Waals surface area contributed by atoms with Gasteiger partial charge in [0.15, 0.2) is 0 Å². The Balaban J connectivity index is 5.48. The van der Waals surface area contributed by atoms with Crippen LogP contribution in [0.5, 0.6) is 0 Å². The van der Waals surface area contributed by atoms with Crippen LogP contribution in [0, 0.1) is 0 Å². The van der Waals surface area contributed by atoms with Crippen LogP contribution in [0.15, 0.2) is 0 Å². The van der Waals surface area contributed by atoms with Crippen LogP contribution in [0.4, 0.5) is 0 Å². The normalized spacial score (nSPS) is 14.1. The molecule has 0 saturated carbocycles. The maximum atomic E-state index is 12.6. The standard InChI is InChI=1S/C18H29N5O11/c19-4-2-1-3-8(20)15(30)21-9(5-12(24)25)16(31)22-10(6-13(26)27)17(32)23-11(18(33)34)7-14(28)29/h8-11H,1-7,19-20H2,(H,21,30)(H,22,31)(H,23,32)(H,24,25)(H,26,27)(H,28,29)(H,33,34). The summed E-state index contributed by atoms with van der Waals surface area (Å²) in [6.07, 6.45) is -1.77. The number of unbranched alkanes of at least 4 members (excludes halogenated alkanes) is 1. The average Bonchev–Trinajstić information content (AvgIpc) is 2.71. The zero-order valence-corrected chi connectivity index (χ0v) is 18.1. The molecule has 16 heteroatoms. The molecule has 34 heavy (non-hydrogen) atoms. The van der Waals surface area contributed by atoms with Crippen LogP contribution < -0.4 is 27.4 Å². The van der Waals surface area contributed by atoms with Gasteiger partial charge in [0.2, 0.25) is 17.7 Å². The number of nitrogens with one attached hydrogen (secondary N) is 3. The Labute approximate surface area is 193 Å². The van der Waals surface area contributed by atoms with E-state index in [2.05, 4.69) is 5.32 Å². The Hall–Kier alpha value is -3.79. The van der Waals surface area contributed by atoms with E-state index in [1.807, 2.05) is 5.32 Å². The molecule has 0 spiro atoms. The summed E-state index contributed by atoms with van der Waals surface area (Å²) < 4.78 is 0. The van der Waals surface area contributed by atoms with Gasteiger partial charge in [-0.2, -0.15) is 0 Å². The zero-order valence-electron chi connectivity index (χ0n) is 18.1. The summed E-state index contributed by atoms with van der Waals surface area (Å²) in [6.45, 7) is 0.362. The van der Waals surface area contributed by atoms with Gasteiger partial charge in [0.1, 0.15) is 18.1 Å². The van der Waals surface area contributed by atoms with Gasteiger partial charge in [-0.3, -0.25) is 28.8 Å². The maximum Gasteiger partial charge on any atom is 0.326 e. The minimum Gasteiger partial charge on any atom is -0.481 e. The number of hydrogen-bond donors (Lipinski definition) is 9. The third-order valence-corrected chi connectivity index (χ3v) is 4.32. The van der Waals surface area contributed by atoms with Crippen molar-refractivity contribution in [3.05, 3.63) is 0 Å². The molecule has 4 unspecified atom stereocenters. The van der Waals surface area contributed by atoms with Gasteiger partial charge in [0.05, 0.1) is 25.3 Å². The van der Waals surface area contributed by atoms with E-state index >= 15 is 0 Å². The van der Waals surface area contributed by atoms with Crippen molar-refractivity contribution in [1.29, 1.82) is 0 Å². The van der Waals surface area contributed by atoms with E-state index in [1.54, 1.807) is 5.32 Å². The SMILES string of the molecule is NCCCCC(N)C(=O)NC(CC(=O)O)C(=O)NC(CC(=O)O)C(=O)NC(CC(=O)O)C(=O)O. The monoisotopic (exact) mass is 491 g/mol. The number of amides is 3. The number of nitrogens with two attached hydrogens (primary N) is 2. The van der Waals surface area contributed by atoms with Gasteiger partial charge in [-0.1, -0.05) is 6.42 Å². The van der Waals surface area contributed by atoms with E-state index in [-0.39, 0.29) is 6.42 Å². The minimum absolute atomic E-state index is 0.189. The molecule has 11 N–H and O–H groups in total. The van der Waals surface area contributed by atoms with Crippen LogP contribution in [-0.2, 0) is 33.6 Å². The lowest BCUT2D eigenvalue weighted by molar-refractivity contribution is -0.148. The predicted molar refractivity (Wildman–Crippen MR) is 111 cm³/mol. The van der Waals surface area contributed by atoms with Crippen molar-refractivity contribution < 1.29 is 54.0 Å². The van der Waals surface area contributed by atoms with E-state index in [0.29, 0.717) is 19.4 Å². The number of carbonyl (C=O) groups is 7. The van der Waals surface area contributed by atoms with Gasteiger partial charge < -0.3 is 47.8 Å². The molecule has 0 radical (unpaired) electrons. The summed E-state index contributed by atoms with van der Waals surface area (Å²) in [6, 6.07) is -6.68. The van der Waals surface area contributed by atoms with Crippen molar-refractivity contribution in [2.45, 2.75) is 62.7 Å². The Morgan fingerprint density at radius 3 is 1.38 bits per heavy atom. The molecule has 0 fully saturated rings. The molecule has 0 aromatic rings. The lowest BCUT2D eigenvalue weighted by Gasteiger charge is -2.23. The Morgan fingerprint density at radius 1 is 0.618 bits per heavy atom. The van der Waals surface area contributed by atoms with E-state index in [9.17, 15) is 33.6 Å². The summed E-state index contributed by atoms with van der Waals surface area (Å²) in [5.74, 6) is -9.87. The molecule has 0 aliphatic heterocycles. The highest BCUT2D eigenvalue weighted by Crippen LogP contribution is 2.03. The first-order chi connectivity index (χ1) is 15.8. The number of carboxylic acid groups (broad SMARTS) is 4. The first-order valence-corrected chi connectivity index (χ1v) is 10.0. The van der Waals surface area contributed by atoms with Gasteiger partial charge >= 0.3 is 23.9 Å². The second kappa shape index (κ2) is 15.1. The summed E-state index contributed by atoms with van der Waals surface area (Å²) in [4.78, 5) is 81.3. The van der Waals surface area contributed by atoms with E-state index in [4.69, 9.17) is 31.9 Å². The molecule has 0 heterocycles. The highest BCUT2D eigenvalue weighted by Gasteiger charge is 2.33. The van der Waals surface area contributed by atoms with Crippen molar-refractivity contribution in [1.82, 2.24) is 16.0 Å². The number of carbonyl (C=O) groups excluding carboxylic acids is 3. The van der Waals surface area contributed by atoms with Crippen LogP contribution in [0.25, 0.3) is 0 Å². The van der Waals surface area contributed by atoms with E-state index < -0.39 is 85.0 Å². The molecule has 0 bridgehead atoms. The van der Waals surface area contributed by atoms with Crippen molar-refractivity contribution in [3.8, 4) is 0 Å². The topological polar surface area (TPSA) is 289 Å². The molecule has 4 atom stereocenters. The number of hydrogen-bond acceptors (Lipinski definition) is 9. The number of aliphatic carboxylic acids is 4. The molecule has 0 saturated heterocycles. The van der Waals surface area contributed by atoms with Crippen LogP contribution in [-0.4, -0.2) is 92.7 Å². The molecular formula is C18H29N5O11. The highest BCUT2D eigenvalue weighted by atomic mass is 16.4. The molecular weight excluding hydrogens is 462 g/mol. The fraction of sp³-hybridized carbons (Fsp3) is 0.611. The van der Waals surface area contributed by atoms with Gasteiger partial charge in [0.25, 0.3) is 0 Å². The first kappa shape index (κ1) is 30.2. The Morgan fingerprint density at radius 2 is 1.00 bits per heavy atom. The van der Waals surface area contributed by atoms with Crippen LogP contribution in [0.1, 0.15) is 38.5 Å². The fourth-order valence-corrected chi connectivity index (χ4v) is 2.61. The second-order valence-corrected chi connectivity index (χ2v) is 7.21. The quantitative estimate of drug-likeness (QED) is 0.0890. The summed E-state index contributed by atoms with van der Waals surface area (Å²) in [5.41, 5.74) is 11.0. The lowest BCUT2D eigenvalue weighted by atomic mass is 10.1. The fourth-order valence-electron chi connectivity index (χ4n) is 2.61. The number of rotatable bonds is 17. The highest BCUT2D eigenvalue weighted by molar-refractivity contribution is 5.97. The van der Waals surface area contributed by atoms with Crippen LogP contribution >= 0.6 is 0 Å². The zero-order chi connectivity index (χ0) is 26.4. The molecule has 192 valence electrons.